The van der Waals surface area contributed by atoms with Gasteiger partial charge in [-0.15, -0.1) is 0 Å². The number of aromatic nitrogens is 2. The minimum absolute atomic E-state index is 0.0137. The smallest absolute Gasteiger partial charge is 0.224 e. The summed E-state index contributed by atoms with van der Waals surface area (Å²) < 4.78 is 5.67. The van der Waals surface area contributed by atoms with E-state index < -0.39 is 0 Å². The quantitative estimate of drug-likeness (QED) is 0.689. The van der Waals surface area contributed by atoms with Crippen LogP contribution in [0.1, 0.15) is 24.8 Å². The highest BCUT2D eigenvalue weighted by Gasteiger charge is 2.26. The lowest BCUT2D eigenvalue weighted by atomic mass is 9.97. The summed E-state index contributed by atoms with van der Waals surface area (Å²) in [6, 6.07) is 10.3. The fourth-order valence-electron chi connectivity index (χ4n) is 3.32. The summed E-state index contributed by atoms with van der Waals surface area (Å²) in [5.74, 6) is 0.995. The number of ether oxygens (including phenoxy) is 1. The van der Waals surface area contributed by atoms with Gasteiger partial charge in [-0.3, -0.25) is 9.78 Å². The van der Waals surface area contributed by atoms with Gasteiger partial charge in [-0.25, -0.2) is 4.98 Å². The van der Waals surface area contributed by atoms with Crippen LogP contribution in [0.3, 0.4) is 0 Å². The van der Waals surface area contributed by atoms with E-state index in [4.69, 9.17) is 4.74 Å². The molecule has 1 fully saturated rings. The second kappa shape index (κ2) is 10.6. The highest BCUT2D eigenvalue weighted by molar-refractivity contribution is 5.79. The third kappa shape index (κ3) is 6.32. The molecule has 1 aliphatic rings. The topological polar surface area (TPSA) is 67.3 Å². The van der Waals surface area contributed by atoms with Crippen LogP contribution in [0.25, 0.3) is 0 Å². The van der Waals surface area contributed by atoms with Crippen LogP contribution >= 0.6 is 0 Å². The average Bonchev–Trinajstić information content (AvgIpc) is 2.74. The summed E-state index contributed by atoms with van der Waals surface area (Å²) in [4.78, 5) is 23.0. The van der Waals surface area contributed by atoms with Crippen molar-refractivity contribution in [2.75, 3.05) is 37.7 Å². The van der Waals surface area contributed by atoms with Gasteiger partial charge in [-0.1, -0.05) is 30.3 Å². The van der Waals surface area contributed by atoms with Gasteiger partial charge < -0.3 is 15.0 Å². The predicted molar refractivity (Wildman–Crippen MR) is 106 cm³/mol. The van der Waals surface area contributed by atoms with Crippen molar-refractivity contribution in [2.45, 2.75) is 25.7 Å². The zero-order valence-corrected chi connectivity index (χ0v) is 15.7. The summed E-state index contributed by atoms with van der Waals surface area (Å²) in [5, 5.41) is 3.05. The SMILES string of the molecule is O=C(NCCCOCCc1ccccc1)[C@@H]1CCCN(c2cnccn2)C1. The molecule has 1 saturated heterocycles. The Morgan fingerprint density at radius 1 is 1.22 bits per heavy atom. The van der Waals surface area contributed by atoms with Crippen LogP contribution < -0.4 is 10.2 Å². The van der Waals surface area contributed by atoms with Gasteiger partial charge in [0.2, 0.25) is 5.91 Å². The Morgan fingerprint density at radius 2 is 2.11 bits per heavy atom. The van der Waals surface area contributed by atoms with Crippen molar-refractivity contribution in [1.29, 1.82) is 0 Å². The second-order valence-electron chi connectivity index (χ2n) is 6.84. The van der Waals surface area contributed by atoms with Crippen molar-refractivity contribution in [1.82, 2.24) is 15.3 Å². The van der Waals surface area contributed by atoms with Crippen molar-refractivity contribution in [3.05, 3.63) is 54.5 Å². The van der Waals surface area contributed by atoms with Gasteiger partial charge in [0.05, 0.1) is 18.7 Å². The van der Waals surface area contributed by atoms with E-state index in [-0.39, 0.29) is 11.8 Å². The van der Waals surface area contributed by atoms with E-state index in [1.807, 2.05) is 18.2 Å². The maximum atomic E-state index is 12.4. The van der Waals surface area contributed by atoms with Crippen molar-refractivity contribution in [2.24, 2.45) is 5.92 Å². The van der Waals surface area contributed by atoms with Crippen LogP contribution in [-0.4, -0.2) is 48.7 Å². The fourth-order valence-corrected chi connectivity index (χ4v) is 3.32. The normalized spacial score (nSPS) is 16.9. The van der Waals surface area contributed by atoms with Gasteiger partial charge >= 0.3 is 0 Å². The monoisotopic (exact) mass is 368 g/mol. The van der Waals surface area contributed by atoms with E-state index in [9.17, 15) is 4.79 Å². The van der Waals surface area contributed by atoms with Gasteiger partial charge in [0.1, 0.15) is 5.82 Å². The number of nitrogens with one attached hydrogen (secondary N) is 1. The molecule has 1 aromatic heterocycles. The first-order valence-electron chi connectivity index (χ1n) is 9.73. The molecule has 6 nitrogen and oxygen atoms in total. The molecule has 6 heteroatoms. The Labute approximate surface area is 161 Å². The fraction of sp³-hybridized carbons (Fsp3) is 0.476. The minimum Gasteiger partial charge on any atom is -0.381 e. The summed E-state index contributed by atoms with van der Waals surface area (Å²) in [7, 11) is 0. The van der Waals surface area contributed by atoms with E-state index in [0.29, 0.717) is 26.3 Å². The van der Waals surface area contributed by atoms with Gasteiger partial charge in [0, 0.05) is 38.6 Å². The summed E-state index contributed by atoms with van der Waals surface area (Å²) in [5.41, 5.74) is 1.29. The summed E-state index contributed by atoms with van der Waals surface area (Å²) in [6.45, 7) is 3.68. The molecule has 1 N–H and O–H groups in total. The summed E-state index contributed by atoms with van der Waals surface area (Å²) in [6.07, 6.45) is 8.80. The molecule has 1 aliphatic heterocycles. The molecule has 0 spiro atoms. The number of nitrogens with zero attached hydrogens (tertiary/aromatic N) is 3. The Hall–Kier alpha value is -2.47. The first-order valence-corrected chi connectivity index (χ1v) is 9.73. The lowest BCUT2D eigenvalue weighted by molar-refractivity contribution is -0.125. The first kappa shape index (κ1) is 19.3. The number of rotatable bonds is 9. The molecular weight excluding hydrogens is 340 g/mol. The van der Waals surface area contributed by atoms with Crippen LogP contribution in [-0.2, 0) is 16.0 Å². The number of amides is 1. The van der Waals surface area contributed by atoms with E-state index >= 15 is 0 Å². The molecule has 0 bridgehead atoms. The third-order valence-corrected chi connectivity index (χ3v) is 4.81. The lowest BCUT2D eigenvalue weighted by Crippen LogP contribution is -2.43. The number of hydrogen-bond acceptors (Lipinski definition) is 5. The standard InChI is InChI=1S/C21H28N4O2/c26-21(19-8-4-13-25(17-19)20-16-22-11-12-23-20)24-10-5-14-27-15-9-18-6-2-1-3-7-18/h1-3,6-7,11-12,16,19H,4-5,8-10,13-15,17H2,(H,24,26)/t19-/m1/s1. The number of hydrogen-bond donors (Lipinski definition) is 1. The molecule has 2 heterocycles. The maximum absolute atomic E-state index is 12.4. The largest absolute Gasteiger partial charge is 0.381 e. The van der Waals surface area contributed by atoms with Gasteiger partial charge in [0.25, 0.3) is 0 Å². The van der Waals surface area contributed by atoms with E-state index in [2.05, 4.69) is 32.3 Å². The van der Waals surface area contributed by atoms with Crippen molar-refractivity contribution >= 4 is 11.7 Å². The molecule has 0 radical (unpaired) electrons. The van der Waals surface area contributed by atoms with Crippen molar-refractivity contribution in [3.63, 3.8) is 0 Å². The molecule has 1 aromatic carbocycles. The van der Waals surface area contributed by atoms with Crippen LogP contribution in [0.15, 0.2) is 48.9 Å². The Bertz CT molecular complexity index is 681. The van der Waals surface area contributed by atoms with Crippen LogP contribution in [0.4, 0.5) is 5.82 Å². The van der Waals surface area contributed by atoms with Crippen LogP contribution in [0.2, 0.25) is 0 Å². The molecule has 0 aliphatic carbocycles. The zero-order valence-electron chi connectivity index (χ0n) is 15.7. The van der Waals surface area contributed by atoms with Crippen molar-refractivity contribution in [3.8, 4) is 0 Å². The molecule has 1 atom stereocenters. The lowest BCUT2D eigenvalue weighted by Gasteiger charge is -2.32. The molecular formula is C21H28N4O2. The number of carbonyl (C=O) groups excluding carboxylic acids is 1. The Balaban J connectivity index is 1.29. The summed E-state index contributed by atoms with van der Waals surface area (Å²) >= 11 is 0. The molecule has 144 valence electrons. The third-order valence-electron chi connectivity index (χ3n) is 4.81. The van der Waals surface area contributed by atoms with Crippen LogP contribution in [0, 0.1) is 5.92 Å². The Morgan fingerprint density at radius 3 is 2.93 bits per heavy atom. The van der Waals surface area contributed by atoms with E-state index in [1.165, 1.54) is 5.56 Å². The molecule has 3 rings (SSSR count). The first-order chi connectivity index (χ1) is 13.3. The van der Waals surface area contributed by atoms with Gasteiger partial charge in [-0.2, -0.15) is 0 Å². The number of anilines is 1. The maximum Gasteiger partial charge on any atom is 0.224 e. The van der Waals surface area contributed by atoms with E-state index in [1.54, 1.807) is 18.6 Å². The number of benzene rings is 1. The number of piperidine rings is 1. The molecule has 2 aromatic rings. The Kier molecular flexibility index (Phi) is 7.59. The molecule has 27 heavy (non-hydrogen) atoms. The van der Waals surface area contributed by atoms with Crippen molar-refractivity contribution < 1.29 is 9.53 Å². The van der Waals surface area contributed by atoms with Crippen LogP contribution in [0.5, 0.6) is 0 Å². The molecule has 0 unspecified atom stereocenters. The molecule has 1 amide bonds. The highest BCUT2D eigenvalue weighted by atomic mass is 16.5. The average molecular weight is 368 g/mol. The minimum atomic E-state index is 0.0137. The zero-order chi connectivity index (χ0) is 18.7. The second-order valence-corrected chi connectivity index (χ2v) is 6.84. The number of carbonyl (C=O) groups is 1. The predicted octanol–water partition coefficient (Wildman–Crippen LogP) is 2.46. The van der Waals surface area contributed by atoms with Gasteiger partial charge in [-0.05, 0) is 31.2 Å². The van der Waals surface area contributed by atoms with Gasteiger partial charge in [0.15, 0.2) is 0 Å². The van der Waals surface area contributed by atoms with E-state index in [0.717, 1.165) is 38.0 Å². The molecule has 0 saturated carbocycles. The highest BCUT2D eigenvalue weighted by Crippen LogP contribution is 2.20.